The van der Waals surface area contributed by atoms with Crippen LogP contribution in [0.3, 0.4) is 0 Å². The summed E-state index contributed by atoms with van der Waals surface area (Å²) in [4.78, 5) is 23.1. The maximum Gasteiger partial charge on any atom is 0.214 e. The molecule has 0 aliphatic carbocycles. The summed E-state index contributed by atoms with van der Waals surface area (Å²) < 4.78 is 13.2. The van der Waals surface area contributed by atoms with Gasteiger partial charge in [-0.3, -0.25) is 9.78 Å². The van der Waals surface area contributed by atoms with E-state index >= 15 is 0 Å². The van der Waals surface area contributed by atoms with Crippen molar-refractivity contribution < 1.29 is 4.39 Å². The lowest BCUT2D eigenvalue weighted by atomic mass is 9.99. The van der Waals surface area contributed by atoms with E-state index in [4.69, 9.17) is 0 Å². The van der Waals surface area contributed by atoms with Crippen molar-refractivity contribution >= 4 is 11.0 Å². The Balaban J connectivity index is 2.09. The first-order valence-corrected chi connectivity index (χ1v) is 7.14. The summed E-state index contributed by atoms with van der Waals surface area (Å²) in [6.45, 7) is 0. The van der Waals surface area contributed by atoms with E-state index < -0.39 is 0 Å². The summed E-state index contributed by atoms with van der Waals surface area (Å²) in [7, 11) is 0. The van der Waals surface area contributed by atoms with Crippen molar-refractivity contribution in [3.05, 3.63) is 77.1 Å². The lowest BCUT2D eigenvalue weighted by Crippen LogP contribution is -2.09. The molecule has 0 unspecified atom stereocenters. The first kappa shape index (κ1) is 13.5. The number of benzene rings is 1. The van der Waals surface area contributed by atoms with E-state index in [1.807, 2.05) is 0 Å². The molecular formula is C18H12FN3O. The minimum Gasteiger partial charge on any atom is -0.357 e. The fourth-order valence-corrected chi connectivity index (χ4v) is 2.72. The van der Waals surface area contributed by atoms with Gasteiger partial charge < -0.3 is 9.97 Å². The highest BCUT2D eigenvalue weighted by Gasteiger charge is 2.16. The maximum absolute atomic E-state index is 13.2. The first-order valence-electron chi connectivity index (χ1n) is 7.14. The van der Waals surface area contributed by atoms with E-state index in [1.54, 1.807) is 48.9 Å². The molecule has 23 heavy (non-hydrogen) atoms. The second-order valence-electron chi connectivity index (χ2n) is 5.21. The molecule has 1 aromatic carbocycles. The molecule has 0 fully saturated rings. The topological polar surface area (TPSA) is 61.5 Å². The van der Waals surface area contributed by atoms with Gasteiger partial charge in [-0.2, -0.15) is 0 Å². The molecule has 0 bridgehead atoms. The molecule has 112 valence electrons. The third-order valence-electron chi connectivity index (χ3n) is 3.81. The summed E-state index contributed by atoms with van der Waals surface area (Å²) in [5.74, 6) is -0.315. The number of halogens is 1. The number of fused-ring (bicyclic) bond motifs is 1. The highest BCUT2D eigenvalue weighted by Crippen LogP contribution is 2.29. The highest BCUT2D eigenvalue weighted by molar-refractivity contribution is 5.89. The van der Waals surface area contributed by atoms with E-state index in [1.165, 1.54) is 12.1 Å². The summed E-state index contributed by atoms with van der Waals surface area (Å²) in [6.07, 6.45) is 5.00. The van der Waals surface area contributed by atoms with Gasteiger partial charge in [0.25, 0.3) is 0 Å². The average Bonchev–Trinajstić information content (AvgIpc) is 3.05. The molecule has 0 aliphatic heterocycles. The van der Waals surface area contributed by atoms with Gasteiger partial charge in [0.1, 0.15) is 11.3 Å². The lowest BCUT2D eigenvalue weighted by Gasteiger charge is -2.10. The van der Waals surface area contributed by atoms with Crippen molar-refractivity contribution in [1.82, 2.24) is 15.0 Å². The van der Waals surface area contributed by atoms with Crippen molar-refractivity contribution in [2.75, 3.05) is 0 Å². The number of H-pyrrole nitrogens is 2. The van der Waals surface area contributed by atoms with Crippen LogP contribution >= 0.6 is 0 Å². The molecule has 0 saturated heterocycles. The SMILES string of the molecule is O=c1c(-c2ccncc2)c(-c2ccc(F)cc2)[nH]c2cc[nH]c12. The molecule has 2 N–H and O–H groups in total. The molecular weight excluding hydrogens is 293 g/mol. The van der Waals surface area contributed by atoms with Gasteiger partial charge in [0.2, 0.25) is 5.43 Å². The van der Waals surface area contributed by atoms with Gasteiger partial charge in [-0.05, 0) is 53.6 Å². The summed E-state index contributed by atoms with van der Waals surface area (Å²) in [5, 5.41) is 0. The minimum absolute atomic E-state index is 0.103. The van der Waals surface area contributed by atoms with E-state index in [0.29, 0.717) is 22.3 Å². The average molecular weight is 305 g/mol. The Kier molecular flexibility index (Phi) is 3.05. The van der Waals surface area contributed by atoms with Crippen LogP contribution in [0.15, 0.2) is 65.8 Å². The van der Waals surface area contributed by atoms with Crippen LogP contribution < -0.4 is 5.43 Å². The fourth-order valence-electron chi connectivity index (χ4n) is 2.72. The minimum atomic E-state index is -0.315. The molecule has 0 atom stereocenters. The molecule has 0 aliphatic rings. The Morgan fingerprint density at radius 1 is 0.913 bits per heavy atom. The quantitative estimate of drug-likeness (QED) is 0.593. The third kappa shape index (κ3) is 2.23. The number of aromatic nitrogens is 3. The number of rotatable bonds is 2. The van der Waals surface area contributed by atoms with Crippen LogP contribution in [0.2, 0.25) is 0 Å². The van der Waals surface area contributed by atoms with Gasteiger partial charge in [0.05, 0.1) is 16.8 Å². The summed E-state index contributed by atoms with van der Waals surface area (Å²) in [5.41, 5.74) is 3.84. The van der Waals surface area contributed by atoms with E-state index in [2.05, 4.69) is 15.0 Å². The van der Waals surface area contributed by atoms with Gasteiger partial charge in [0.15, 0.2) is 0 Å². The molecule has 0 radical (unpaired) electrons. The molecule has 0 spiro atoms. The molecule has 0 saturated carbocycles. The second-order valence-corrected chi connectivity index (χ2v) is 5.21. The van der Waals surface area contributed by atoms with Gasteiger partial charge in [-0.25, -0.2) is 4.39 Å². The monoisotopic (exact) mass is 305 g/mol. The van der Waals surface area contributed by atoms with Crippen molar-refractivity contribution in [3.8, 4) is 22.4 Å². The van der Waals surface area contributed by atoms with Crippen LogP contribution in [0.25, 0.3) is 33.4 Å². The predicted octanol–water partition coefficient (Wildman–Crippen LogP) is 3.72. The Labute approximate surface area is 130 Å². The molecule has 3 aromatic heterocycles. The van der Waals surface area contributed by atoms with Crippen LogP contribution in [0.4, 0.5) is 4.39 Å². The number of nitrogens with one attached hydrogen (secondary N) is 2. The Hall–Kier alpha value is -3.21. The van der Waals surface area contributed by atoms with Crippen LogP contribution in [-0.2, 0) is 0 Å². The van der Waals surface area contributed by atoms with Crippen LogP contribution in [0.5, 0.6) is 0 Å². The van der Waals surface area contributed by atoms with Gasteiger partial charge in [0, 0.05) is 18.6 Å². The number of hydrogen-bond donors (Lipinski definition) is 2. The van der Waals surface area contributed by atoms with Gasteiger partial charge in [-0.1, -0.05) is 0 Å². The van der Waals surface area contributed by atoms with E-state index in [9.17, 15) is 9.18 Å². The van der Waals surface area contributed by atoms with Crippen molar-refractivity contribution in [1.29, 1.82) is 0 Å². The van der Waals surface area contributed by atoms with Crippen molar-refractivity contribution in [3.63, 3.8) is 0 Å². The van der Waals surface area contributed by atoms with E-state index in [-0.39, 0.29) is 11.2 Å². The Bertz CT molecular complexity index is 1030. The molecule has 4 nitrogen and oxygen atoms in total. The number of nitrogens with zero attached hydrogens (tertiary/aromatic N) is 1. The molecule has 0 amide bonds. The maximum atomic E-state index is 13.2. The van der Waals surface area contributed by atoms with Crippen LogP contribution in [0.1, 0.15) is 0 Å². The summed E-state index contributed by atoms with van der Waals surface area (Å²) >= 11 is 0. The Morgan fingerprint density at radius 2 is 1.65 bits per heavy atom. The zero-order valence-electron chi connectivity index (χ0n) is 12.0. The van der Waals surface area contributed by atoms with Gasteiger partial charge >= 0.3 is 0 Å². The highest BCUT2D eigenvalue weighted by atomic mass is 19.1. The summed E-state index contributed by atoms with van der Waals surface area (Å²) in [6, 6.07) is 11.4. The van der Waals surface area contributed by atoms with Crippen LogP contribution in [-0.4, -0.2) is 15.0 Å². The third-order valence-corrected chi connectivity index (χ3v) is 3.81. The smallest absolute Gasteiger partial charge is 0.214 e. The lowest BCUT2D eigenvalue weighted by molar-refractivity contribution is 0.628. The van der Waals surface area contributed by atoms with E-state index in [0.717, 1.165) is 11.1 Å². The van der Waals surface area contributed by atoms with Crippen molar-refractivity contribution in [2.45, 2.75) is 0 Å². The molecule has 4 rings (SSSR count). The largest absolute Gasteiger partial charge is 0.357 e. The molecule has 4 aromatic rings. The number of aromatic amines is 2. The Morgan fingerprint density at radius 3 is 2.39 bits per heavy atom. The number of pyridine rings is 2. The zero-order valence-corrected chi connectivity index (χ0v) is 12.0. The predicted molar refractivity (Wildman–Crippen MR) is 87.5 cm³/mol. The fraction of sp³-hybridized carbons (Fsp3) is 0. The molecule has 3 heterocycles. The first-order chi connectivity index (χ1) is 11.2. The zero-order chi connectivity index (χ0) is 15.8. The van der Waals surface area contributed by atoms with Crippen molar-refractivity contribution in [2.24, 2.45) is 0 Å². The standard InChI is InChI=1S/C18H12FN3O/c19-13-3-1-12(2-4-13)16-15(11-5-8-20-9-6-11)18(23)17-14(22-16)7-10-21-17/h1-10,21H,(H,22,23). The normalized spacial score (nSPS) is 11.0. The van der Waals surface area contributed by atoms with Gasteiger partial charge in [-0.15, -0.1) is 0 Å². The van der Waals surface area contributed by atoms with Crippen LogP contribution in [0, 0.1) is 5.82 Å². The number of hydrogen-bond acceptors (Lipinski definition) is 2. The molecule has 5 heteroatoms. The second kappa shape index (κ2) is 5.21.